The lowest BCUT2D eigenvalue weighted by Gasteiger charge is -2.07. The maximum atomic E-state index is 12.3. The van der Waals surface area contributed by atoms with Gasteiger partial charge in [0.1, 0.15) is 0 Å². The Hall–Kier alpha value is -1.61. The lowest BCUT2D eigenvalue weighted by Crippen LogP contribution is -1.99. The second kappa shape index (κ2) is 5.36. The molecule has 18 heavy (non-hydrogen) atoms. The van der Waals surface area contributed by atoms with Crippen LogP contribution in [0.2, 0.25) is 0 Å². The second-order valence-electron chi connectivity index (χ2n) is 4.50. The van der Waals surface area contributed by atoms with Crippen molar-refractivity contribution in [2.75, 3.05) is 5.73 Å². The number of rotatable bonds is 3. The lowest BCUT2D eigenvalue weighted by molar-refractivity contribution is 0.682. The smallest absolute Gasteiger partial charge is 0.0576 e. The second-order valence-corrected chi connectivity index (χ2v) is 5.92. The summed E-state index contributed by atoms with van der Waals surface area (Å²) in [6.45, 7) is 4.04. The van der Waals surface area contributed by atoms with Crippen LogP contribution in [0.25, 0.3) is 0 Å². The molecule has 2 rings (SSSR count). The fourth-order valence-electron chi connectivity index (χ4n) is 1.90. The van der Waals surface area contributed by atoms with Gasteiger partial charge in [-0.25, -0.2) is 0 Å². The SMILES string of the molecule is Cc1ccc(S(=O)Cc2ccc(N)cc2)c(C)c1. The Labute approximate surface area is 110 Å². The van der Waals surface area contributed by atoms with E-state index in [0.717, 1.165) is 21.7 Å². The van der Waals surface area contributed by atoms with Crippen LogP contribution in [0.5, 0.6) is 0 Å². The van der Waals surface area contributed by atoms with Gasteiger partial charge < -0.3 is 5.73 Å². The molecule has 0 heterocycles. The van der Waals surface area contributed by atoms with E-state index in [2.05, 4.69) is 6.07 Å². The minimum atomic E-state index is -1.00. The number of hydrogen-bond acceptors (Lipinski definition) is 2. The first-order valence-electron chi connectivity index (χ1n) is 5.86. The summed E-state index contributed by atoms with van der Waals surface area (Å²) in [5, 5.41) is 0. The molecule has 3 heteroatoms. The van der Waals surface area contributed by atoms with Crippen LogP contribution < -0.4 is 5.73 Å². The Kier molecular flexibility index (Phi) is 3.82. The highest BCUT2D eigenvalue weighted by Gasteiger charge is 2.08. The molecule has 2 nitrogen and oxygen atoms in total. The van der Waals surface area contributed by atoms with Crippen molar-refractivity contribution in [2.45, 2.75) is 24.5 Å². The average Bonchev–Trinajstić information content (AvgIpc) is 2.32. The Morgan fingerprint density at radius 2 is 1.72 bits per heavy atom. The van der Waals surface area contributed by atoms with Gasteiger partial charge in [0, 0.05) is 10.6 Å². The molecule has 0 aromatic heterocycles. The molecular weight excluding hydrogens is 242 g/mol. The number of hydrogen-bond donors (Lipinski definition) is 1. The quantitative estimate of drug-likeness (QED) is 0.860. The van der Waals surface area contributed by atoms with Crippen molar-refractivity contribution >= 4 is 16.5 Å². The van der Waals surface area contributed by atoms with Crippen molar-refractivity contribution in [3.8, 4) is 0 Å². The molecule has 0 saturated heterocycles. The first kappa shape index (κ1) is 12.8. The van der Waals surface area contributed by atoms with Gasteiger partial charge in [0.25, 0.3) is 0 Å². The molecule has 2 N–H and O–H groups in total. The van der Waals surface area contributed by atoms with Crippen molar-refractivity contribution in [3.05, 3.63) is 59.2 Å². The zero-order valence-corrected chi connectivity index (χ0v) is 11.5. The number of aryl methyl sites for hydroxylation is 2. The molecule has 0 spiro atoms. The third-order valence-corrected chi connectivity index (χ3v) is 4.40. The van der Waals surface area contributed by atoms with Gasteiger partial charge in [-0.2, -0.15) is 0 Å². The van der Waals surface area contributed by atoms with Gasteiger partial charge in [-0.1, -0.05) is 29.8 Å². The fraction of sp³-hybridized carbons (Fsp3) is 0.200. The van der Waals surface area contributed by atoms with Crippen LogP contribution in [0, 0.1) is 13.8 Å². The highest BCUT2D eigenvalue weighted by atomic mass is 32.2. The van der Waals surface area contributed by atoms with Gasteiger partial charge in [0.2, 0.25) is 0 Å². The summed E-state index contributed by atoms with van der Waals surface area (Å²) in [6.07, 6.45) is 0. The first-order chi connectivity index (χ1) is 8.56. The van der Waals surface area contributed by atoms with Crippen LogP contribution in [0.15, 0.2) is 47.4 Å². The minimum Gasteiger partial charge on any atom is -0.399 e. The molecule has 1 atom stereocenters. The van der Waals surface area contributed by atoms with Crippen LogP contribution in [0.3, 0.4) is 0 Å². The molecule has 0 aliphatic heterocycles. The van der Waals surface area contributed by atoms with E-state index in [1.165, 1.54) is 5.56 Å². The summed E-state index contributed by atoms with van der Waals surface area (Å²) < 4.78 is 12.3. The number of benzene rings is 2. The van der Waals surface area contributed by atoms with Gasteiger partial charge in [-0.15, -0.1) is 0 Å². The van der Waals surface area contributed by atoms with Gasteiger partial charge in [0.05, 0.1) is 16.6 Å². The van der Waals surface area contributed by atoms with E-state index in [-0.39, 0.29) is 0 Å². The maximum absolute atomic E-state index is 12.3. The molecule has 0 saturated carbocycles. The molecule has 1 unspecified atom stereocenters. The molecule has 2 aromatic carbocycles. The fourth-order valence-corrected chi connectivity index (χ4v) is 3.19. The largest absolute Gasteiger partial charge is 0.399 e. The van der Waals surface area contributed by atoms with Gasteiger partial charge >= 0.3 is 0 Å². The summed E-state index contributed by atoms with van der Waals surface area (Å²) in [7, 11) is -1.00. The molecule has 0 aliphatic carbocycles. The van der Waals surface area contributed by atoms with E-state index >= 15 is 0 Å². The van der Waals surface area contributed by atoms with Crippen LogP contribution in [0.4, 0.5) is 5.69 Å². The van der Waals surface area contributed by atoms with Crippen molar-refractivity contribution < 1.29 is 4.21 Å². The predicted molar refractivity (Wildman–Crippen MR) is 76.9 cm³/mol. The van der Waals surface area contributed by atoms with E-state index < -0.39 is 10.8 Å². The monoisotopic (exact) mass is 259 g/mol. The number of nitrogen functional groups attached to an aromatic ring is 1. The molecule has 0 bridgehead atoms. The molecule has 2 aromatic rings. The Morgan fingerprint density at radius 1 is 1.06 bits per heavy atom. The first-order valence-corrected chi connectivity index (χ1v) is 7.18. The van der Waals surface area contributed by atoms with Crippen molar-refractivity contribution in [1.29, 1.82) is 0 Å². The minimum absolute atomic E-state index is 0.532. The van der Waals surface area contributed by atoms with Crippen LogP contribution >= 0.6 is 0 Å². The van der Waals surface area contributed by atoms with E-state index in [9.17, 15) is 4.21 Å². The number of nitrogens with two attached hydrogens (primary N) is 1. The normalized spacial score (nSPS) is 12.3. The molecule has 0 fully saturated rings. The van der Waals surface area contributed by atoms with Crippen molar-refractivity contribution in [3.63, 3.8) is 0 Å². The topological polar surface area (TPSA) is 43.1 Å². The van der Waals surface area contributed by atoms with E-state index in [4.69, 9.17) is 5.73 Å². The van der Waals surface area contributed by atoms with Gasteiger partial charge in [0.15, 0.2) is 0 Å². The third-order valence-electron chi connectivity index (χ3n) is 2.85. The molecule has 0 radical (unpaired) electrons. The van der Waals surface area contributed by atoms with Crippen molar-refractivity contribution in [2.24, 2.45) is 0 Å². The van der Waals surface area contributed by atoms with Crippen LogP contribution in [0.1, 0.15) is 16.7 Å². The van der Waals surface area contributed by atoms with Gasteiger partial charge in [-0.3, -0.25) is 4.21 Å². The standard InChI is InChI=1S/C15H17NOS/c1-11-3-8-15(12(2)9-11)18(17)10-13-4-6-14(16)7-5-13/h3-9H,10,16H2,1-2H3. The Bertz CT molecular complexity index is 576. The van der Waals surface area contributed by atoms with E-state index in [1.807, 2.05) is 50.2 Å². The summed E-state index contributed by atoms with van der Waals surface area (Å²) >= 11 is 0. The average molecular weight is 259 g/mol. The van der Waals surface area contributed by atoms with Crippen LogP contribution in [-0.4, -0.2) is 4.21 Å². The van der Waals surface area contributed by atoms with E-state index in [0.29, 0.717) is 5.75 Å². The molecular formula is C15H17NOS. The summed E-state index contributed by atoms with van der Waals surface area (Å²) in [5.74, 6) is 0.532. The summed E-state index contributed by atoms with van der Waals surface area (Å²) in [6, 6.07) is 13.6. The summed E-state index contributed by atoms with van der Waals surface area (Å²) in [5.41, 5.74) is 9.69. The lowest BCUT2D eigenvalue weighted by atomic mass is 10.2. The van der Waals surface area contributed by atoms with E-state index in [1.54, 1.807) is 0 Å². The van der Waals surface area contributed by atoms with Crippen LogP contribution in [-0.2, 0) is 16.6 Å². The maximum Gasteiger partial charge on any atom is 0.0576 e. The summed E-state index contributed by atoms with van der Waals surface area (Å²) in [4.78, 5) is 0.914. The Morgan fingerprint density at radius 3 is 2.33 bits per heavy atom. The number of anilines is 1. The Balaban J connectivity index is 2.19. The third kappa shape index (κ3) is 2.99. The van der Waals surface area contributed by atoms with Crippen molar-refractivity contribution in [1.82, 2.24) is 0 Å². The van der Waals surface area contributed by atoms with Gasteiger partial charge in [-0.05, 0) is 43.2 Å². The highest BCUT2D eigenvalue weighted by molar-refractivity contribution is 7.84. The highest BCUT2D eigenvalue weighted by Crippen LogP contribution is 2.18. The molecule has 0 aliphatic rings. The zero-order chi connectivity index (χ0) is 13.1. The predicted octanol–water partition coefficient (Wildman–Crippen LogP) is 3.19. The zero-order valence-electron chi connectivity index (χ0n) is 10.6. The molecule has 94 valence electrons. The molecule has 0 amide bonds.